The predicted octanol–water partition coefficient (Wildman–Crippen LogP) is 12.7. The molecule has 0 spiro atoms. The lowest BCUT2D eigenvalue weighted by Gasteiger charge is -2.26. The highest BCUT2D eigenvalue weighted by molar-refractivity contribution is 6.22. The second kappa shape index (κ2) is 10.8. The smallest absolute Gasteiger partial charge is 0.136 e. The maximum Gasteiger partial charge on any atom is 0.136 e. The maximum atomic E-state index is 6.42. The molecule has 1 heterocycles. The number of nitrogens with zero attached hydrogens (tertiary/aromatic N) is 1. The zero-order valence-corrected chi connectivity index (χ0v) is 25.1. The lowest BCUT2D eigenvalue weighted by atomic mass is 9.92. The number of anilines is 3. The highest BCUT2D eigenvalue weighted by Gasteiger charge is 2.17. The minimum atomic E-state index is 0.911. The number of para-hydroxylation sites is 2. The van der Waals surface area contributed by atoms with Gasteiger partial charge >= 0.3 is 0 Å². The Morgan fingerprint density at radius 2 is 1.00 bits per heavy atom. The molecule has 0 radical (unpaired) electrons. The van der Waals surface area contributed by atoms with Gasteiger partial charge in [0.1, 0.15) is 11.2 Å². The van der Waals surface area contributed by atoms with E-state index in [0.717, 1.165) is 39.0 Å². The Bertz CT molecular complexity index is 2510. The molecule has 0 fully saturated rings. The third kappa shape index (κ3) is 4.43. The van der Waals surface area contributed by atoms with Crippen molar-refractivity contribution in [2.45, 2.75) is 0 Å². The number of furan rings is 1. The normalized spacial score (nSPS) is 11.5. The number of rotatable bonds is 5. The summed E-state index contributed by atoms with van der Waals surface area (Å²) in [5.41, 5.74) is 9.89. The van der Waals surface area contributed by atoms with Gasteiger partial charge in [-0.3, -0.25) is 0 Å². The van der Waals surface area contributed by atoms with Crippen molar-refractivity contribution in [3.8, 4) is 22.3 Å². The molecule has 0 saturated heterocycles. The van der Waals surface area contributed by atoms with Crippen molar-refractivity contribution in [3.63, 3.8) is 0 Å². The van der Waals surface area contributed by atoms with Crippen LogP contribution < -0.4 is 4.90 Å². The van der Waals surface area contributed by atoms with Gasteiger partial charge in [0.2, 0.25) is 0 Å². The van der Waals surface area contributed by atoms with Crippen LogP contribution in [0, 0.1) is 0 Å². The topological polar surface area (TPSA) is 16.4 Å². The first-order valence-corrected chi connectivity index (χ1v) is 15.7. The van der Waals surface area contributed by atoms with E-state index >= 15 is 0 Å². The van der Waals surface area contributed by atoms with E-state index in [9.17, 15) is 0 Å². The number of hydrogen-bond donors (Lipinski definition) is 0. The summed E-state index contributed by atoms with van der Waals surface area (Å²) < 4.78 is 6.42. The summed E-state index contributed by atoms with van der Waals surface area (Å²) in [5.74, 6) is 0. The monoisotopic (exact) mass is 587 g/mol. The molecule has 216 valence electrons. The molecule has 0 unspecified atom stereocenters. The molecule has 2 nitrogen and oxygen atoms in total. The zero-order valence-electron chi connectivity index (χ0n) is 25.1. The van der Waals surface area contributed by atoms with E-state index in [1.54, 1.807) is 0 Å². The molecule has 0 N–H and O–H groups in total. The molecule has 0 aliphatic carbocycles. The standard InChI is InChI=1S/C44H29NO/c1-3-12-32(13-4-1)40-29-43-44(39-17-9-10-18-42(39)46-43)41-28-34(22-26-38(40)41)31-19-23-36(24-20-31)45(35-15-5-2-6-16-35)37-25-21-30-11-7-8-14-33(30)27-37/h1-29H. The van der Waals surface area contributed by atoms with Crippen LogP contribution in [0.3, 0.4) is 0 Å². The van der Waals surface area contributed by atoms with Crippen LogP contribution in [0.2, 0.25) is 0 Å². The minimum Gasteiger partial charge on any atom is -0.456 e. The summed E-state index contributed by atoms with van der Waals surface area (Å²) in [6.07, 6.45) is 0. The average molecular weight is 588 g/mol. The van der Waals surface area contributed by atoms with Gasteiger partial charge in [0.15, 0.2) is 0 Å². The molecule has 0 amide bonds. The van der Waals surface area contributed by atoms with Crippen LogP contribution in [-0.4, -0.2) is 0 Å². The first-order valence-electron chi connectivity index (χ1n) is 15.7. The molecule has 0 atom stereocenters. The largest absolute Gasteiger partial charge is 0.456 e. The Kier molecular flexibility index (Phi) is 6.17. The van der Waals surface area contributed by atoms with E-state index in [-0.39, 0.29) is 0 Å². The van der Waals surface area contributed by atoms with Gasteiger partial charge < -0.3 is 9.32 Å². The Labute approximate surface area is 267 Å². The predicted molar refractivity (Wildman–Crippen MR) is 194 cm³/mol. The lowest BCUT2D eigenvalue weighted by Crippen LogP contribution is -2.09. The molecule has 0 aliphatic heterocycles. The molecule has 0 bridgehead atoms. The molecule has 8 aromatic carbocycles. The summed E-state index contributed by atoms with van der Waals surface area (Å²) in [6.45, 7) is 0. The van der Waals surface area contributed by atoms with Crippen LogP contribution in [0.15, 0.2) is 180 Å². The van der Waals surface area contributed by atoms with Gasteiger partial charge in [-0.1, -0.05) is 121 Å². The second-order valence-electron chi connectivity index (χ2n) is 11.8. The van der Waals surface area contributed by atoms with E-state index in [0.29, 0.717) is 0 Å². The summed E-state index contributed by atoms with van der Waals surface area (Å²) in [4.78, 5) is 2.32. The Balaban J connectivity index is 1.19. The van der Waals surface area contributed by atoms with Gasteiger partial charge in [0.05, 0.1) is 0 Å². The van der Waals surface area contributed by atoms with Crippen LogP contribution in [0.1, 0.15) is 0 Å². The van der Waals surface area contributed by atoms with E-state index in [2.05, 4.69) is 175 Å². The molecule has 1 aromatic heterocycles. The highest BCUT2D eigenvalue weighted by atomic mass is 16.3. The number of benzene rings is 8. The lowest BCUT2D eigenvalue weighted by molar-refractivity contribution is 0.669. The van der Waals surface area contributed by atoms with E-state index in [1.807, 2.05) is 6.07 Å². The molecular formula is C44H29NO. The molecule has 9 rings (SSSR count). The Hall–Kier alpha value is -6.12. The quantitative estimate of drug-likeness (QED) is 0.199. The number of hydrogen-bond acceptors (Lipinski definition) is 2. The minimum absolute atomic E-state index is 0.911. The van der Waals surface area contributed by atoms with Crippen LogP contribution in [0.5, 0.6) is 0 Å². The van der Waals surface area contributed by atoms with Crippen LogP contribution in [-0.2, 0) is 0 Å². The van der Waals surface area contributed by atoms with Crippen molar-refractivity contribution >= 4 is 60.5 Å². The Morgan fingerprint density at radius 1 is 0.348 bits per heavy atom. The van der Waals surface area contributed by atoms with Crippen molar-refractivity contribution in [1.29, 1.82) is 0 Å². The summed E-state index contributed by atoms with van der Waals surface area (Å²) in [7, 11) is 0. The molecule has 2 heteroatoms. The van der Waals surface area contributed by atoms with Crippen LogP contribution in [0.4, 0.5) is 17.1 Å². The summed E-state index contributed by atoms with van der Waals surface area (Å²) >= 11 is 0. The van der Waals surface area contributed by atoms with Gasteiger partial charge in [-0.2, -0.15) is 0 Å². The SMILES string of the molecule is c1ccc(-c2cc3oc4ccccc4c3c3cc(-c4ccc(N(c5ccccc5)c5ccc6ccccc6c5)cc4)ccc23)cc1. The van der Waals surface area contributed by atoms with Gasteiger partial charge in [-0.05, 0) is 98.4 Å². The highest BCUT2D eigenvalue weighted by Crippen LogP contribution is 2.42. The molecular weight excluding hydrogens is 558 g/mol. The molecule has 0 saturated carbocycles. The van der Waals surface area contributed by atoms with Gasteiger partial charge in [0, 0.05) is 27.8 Å². The zero-order chi connectivity index (χ0) is 30.5. The van der Waals surface area contributed by atoms with Crippen molar-refractivity contribution in [1.82, 2.24) is 0 Å². The summed E-state index contributed by atoms with van der Waals surface area (Å²) in [5, 5.41) is 7.18. The van der Waals surface area contributed by atoms with Crippen molar-refractivity contribution < 1.29 is 4.42 Å². The van der Waals surface area contributed by atoms with E-state index in [1.165, 1.54) is 43.8 Å². The fourth-order valence-electron chi connectivity index (χ4n) is 6.82. The fourth-order valence-corrected chi connectivity index (χ4v) is 6.82. The van der Waals surface area contributed by atoms with E-state index < -0.39 is 0 Å². The summed E-state index contributed by atoms with van der Waals surface area (Å²) in [6, 6.07) is 62.7. The number of fused-ring (bicyclic) bond motifs is 6. The van der Waals surface area contributed by atoms with Crippen LogP contribution >= 0.6 is 0 Å². The van der Waals surface area contributed by atoms with E-state index in [4.69, 9.17) is 4.42 Å². The van der Waals surface area contributed by atoms with Crippen molar-refractivity contribution in [3.05, 3.63) is 176 Å². The second-order valence-corrected chi connectivity index (χ2v) is 11.8. The van der Waals surface area contributed by atoms with Crippen molar-refractivity contribution in [2.24, 2.45) is 0 Å². The molecule has 9 aromatic rings. The van der Waals surface area contributed by atoms with Gasteiger partial charge in [-0.15, -0.1) is 0 Å². The molecule has 0 aliphatic rings. The fraction of sp³-hybridized carbons (Fsp3) is 0. The third-order valence-electron chi connectivity index (χ3n) is 9.03. The average Bonchev–Trinajstić information content (AvgIpc) is 3.51. The molecule has 46 heavy (non-hydrogen) atoms. The van der Waals surface area contributed by atoms with Gasteiger partial charge in [-0.25, -0.2) is 0 Å². The van der Waals surface area contributed by atoms with Crippen LogP contribution in [0.25, 0.3) is 65.7 Å². The maximum absolute atomic E-state index is 6.42. The third-order valence-corrected chi connectivity index (χ3v) is 9.03. The first kappa shape index (κ1) is 26.3. The first-order chi connectivity index (χ1) is 22.8. The Morgan fingerprint density at radius 3 is 1.83 bits per heavy atom. The van der Waals surface area contributed by atoms with Crippen molar-refractivity contribution in [2.75, 3.05) is 4.90 Å². The van der Waals surface area contributed by atoms with Gasteiger partial charge in [0.25, 0.3) is 0 Å².